The second-order valence-corrected chi connectivity index (χ2v) is 7.01. The summed E-state index contributed by atoms with van der Waals surface area (Å²) in [6.45, 7) is 3.39. The second kappa shape index (κ2) is 9.13. The molecule has 1 aliphatic rings. The Balaban J connectivity index is 1.90. The van der Waals surface area contributed by atoms with Gasteiger partial charge >= 0.3 is 0 Å². The zero-order valence-corrected chi connectivity index (χ0v) is 16.5. The number of rotatable bonds is 7. The minimum Gasteiger partial charge on any atom is -0.548 e. The van der Waals surface area contributed by atoms with Crippen LogP contribution in [0.1, 0.15) is 29.8 Å². The van der Waals surface area contributed by atoms with Crippen LogP contribution in [0.15, 0.2) is 54.2 Å². The number of hydrogen-bond donors (Lipinski definition) is 2. The molecular formula is C22H21N2O6-. The molecule has 8 heteroatoms. The molecule has 0 saturated carbocycles. The number of fused-ring (bicyclic) bond motifs is 1. The maximum Gasteiger partial charge on any atom is 0.268 e. The molecule has 156 valence electrons. The van der Waals surface area contributed by atoms with E-state index in [1.165, 1.54) is 6.08 Å². The fraction of sp³-hybridized carbons (Fsp3) is 0.227. The van der Waals surface area contributed by atoms with Crippen molar-refractivity contribution in [2.24, 2.45) is 5.92 Å². The van der Waals surface area contributed by atoms with Crippen LogP contribution in [0.5, 0.6) is 11.5 Å². The summed E-state index contributed by atoms with van der Waals surface area (Å²) < 4.78 is 10.6. The minimum absolute atomic E-state index is 0.0995. The molecule has 1 atom stereocenters. The first-order valence-corrected chi connectivity index (χ1v) is 9.34. The minimum atomic E-state index is -1.41. The van der Waals surface area contributed by atoms with E-state index < -0.39 is 29.7 Å². The maximum atomic E-state index is 12.8. The van der Waals surface area contributed by atoms with Crippen molar-refractivity contribution in [2.75, 3.05) is 6.79 Å². The molecule has 0 aromatic heterocycles. The monoisotopic (exact) mass is 409 g/mol. The number of nitrogens with one attached hydrogen (secondary N) is 2. The van der Waals surface area contributed by atoms with Crippen LogP contribution in [0.4, 0.5) is 0 Å². The predicted octanol–water partition coefficient (Wildman–Crippen LogP) is 1.08. The number of carboxylic acids is 1. The number of carbonyl (C=O) groups excluding carboxylic acids is 3. The zero-order chi connectivity index (χ0) is 21.7. The van der Waals surface area contributed by atoms with Gasteiger partial charge in [0.25, 0.3) is 11.8 Å². The third-order valence-corrected chi connectivity index (χ3v) is 4.44. The van der Waals surface area contributed by atoms with Gasteiger partial charge in [0.2, 0.25) is 6.79 Å². The first kappa shape index (κ1) is 20.9. The molecule has 2 aromatic carbocycles. The van der Waals surface area contributed by atoms with E-state index in [1.54, 1.807) is 62.4 Å². The lowest BCUT2D eigenvalue weighted by Gasteiger charge is -2.24. The molecule has 0 saturated heterocycles. The van der Waals surface area contributed by atoms with Crippen molar-refractivity contribution in [3.63, 3.8) is 0 Å². The van der Waals surface area contributed by atoms with Crippen molar-refractivity contribution in [1.82, 2.24) is 10.6 Å². The first-order chi connectivity index (χ1) is 14.3. The van der Waals surface area contributed by atoms with Gasteiger partial charge in [0.05, 0.1) is 12.0 Å². The molecule has 2 aromatic rings. The van der Waals surface area contributed by atoms with Crippen molar-refractivity contribution in [3.8, 4) is 11.5 Å². The SMILES string of the molecule is CC(C)[C@H](NC(=O)/C(=C/c1ccc2c(c1)OCO2)NC(=O)c1ccccc1)C(=O)[O-]. The summed E-state index contributed by atoms with van der Waals surface area (Å²) in [6.07, 6.45) is 1.44. The van der Waals surface area contributed by atoms with Crippen LogP contribution < -0.4 is 25.2 Å². The molecule has 0 unspecified atom stereocenters. The van der Waals surface area contributed by atoms with Crippen LogP contribution in [0.25, 0.3) is 6.08 Å². The Labute approximate surface area is 173 Å². The highest BCUT2D eigenvalue weighted by molar-refractivity contribution is 6.06. The molecule has 0 aliphatic carbocycles. The van der Waals surface area contributed by atoms with Gasteiger partial charge in [-0.2, -0.15) is 0 Å². The molecule has 0 bridgehead atoms. The highest BCUT2D eigenvalue weighted by Crippen LogP contribution is 2.33. The quantitative estimate of drug-likeness (QED) is 0.661. The molecule has 0 fully saturated rings. The summed E-state index contributed by atoms with van der Waals surface area (Å²) in [7, 11) is 0. The third kappa shape index (κ3) is 4.96. The molecule has 2 amide bonds. The standard InChI is InChI=1S/C22H22N2O6/c1-13(2)19(22(27)28)24-21(26)16(23-20(25)15-6-4-3-5-7-15)10-14-8-9-17-18(11-14)30-12-29-17/h3-11,13,19H,12H2,1-2H3,(H,23,25)(H,24,26)(H,27,28)/p-1/b16-10-/t19-/m0/s1. The van der Waals surface area contributed by atoms with Crippen molar-refractivity contribution < 1.29 is 29.0 Å². The predicted molar refractivity (Wildman–Crippen MR) is 106 cm³/mol. The summed E-state index contributed by atoms with van der Waals surface area (Å²) in [6, 6.07) is 12.2. The maximum absolute atomic E-state index is 12.8. The Morgan fingerprint density at radius 3 is 2.40 bits per heavy atom. The van der Waals surface area contributed by atoms with Gasteiger partial charge in [-0.05, 0) is 41.8 Å². The summed E-state index contributed by atoms with van der Waals surface area (Å²) >= 11 is 0. The van der Waals surface area contributed by atoms with Gasteiger partial charge < -0.3 is 30.0 Å². The second-order valence-electron chi connectivity index (χ2n) is 7.01. The van der Waals surface area contributed by atoms with Gasteiger partial charge in [-0.1, -0.05) is 38.1 Å². The lowest BCUT2D eigenvalue weighted by atomic mass is 10.0. The number of aliphatic carboxylic acids is 1. The molecule has 3 rings (SSSR count). The Bertz CT molecular complexity index is 984. The van der Waals surface area contributed by atoms with E-state index in [0.29, 0.717) is 22.6 Å². The van der Waals surface area contributed by atoms with Gasteiger partial charge in [0.1, 0.15) is 5.70 Å². The molecule has 1 heterocycles. The van der Waals surface area contributed by atoms with Crippen LogP contribution in [-0.4, -0.2) is 30.6 Å². The Hall–Kier alpha value is -3.81. The van der Waals surface area contributed by atoms with E-state index >= 15 is 0 Å². The Morgan fingerprint density at radius 1 is 1.03 bits per heavy atom. The van der Waals surface area contributed by atoms with Crippen LogP contribution in [0, 0.1) is 5.92 Å². The summed E-state index contributed by atoms with van der Waals surface area (Å²) in [5.41, 5.74) is 0.795. The van der Waals surface area contributed by atoms with Gasteiger partial charge in [-0.25, -0.2) is 0 Å². The number of amides is 2. The van der Waals surface area contributed by atoms with E-state index in [9.17, 15) is 19.5 Å². The van der Waals surface area contributed by atoms with Crippen LogP contribution in [0.3, 0.4) is 0 Å². The lowest BCUT2D eigenvalue weighted by molar-refractivity contribution is -0.309. The van der Waals surface area contributed by atoms with Crippen molar-refractivity contribution in [3.05, 3.63) is 65.4 Å². The molecule has 0 radical (unpaired) electrons. The van der Waals surface area contributed by atoms with Crippen LogP contribution in [0.2, 0.25) is 0 Å². The van der Waals surface area contributed by atoms with Crippen molar-refractivity contribution >= 4 is 23.9 Å². The van der Waals surface area contributed by atoms with E-state index in [2.05, 4.69) is 10.6 Å². The highest BCUT2D eigenvalue weighted by atomic mass is 16.7. The molecule has 0 spiro atoms. The number of carboxylic acid groups (broad SMARTS) is 1. The molecule has 1 aliphatic heterocycles. The summed E-state index contributed by atoms with van der Waals surface area (Å²) in [5, 5.41) is 16.3. The topological polar surface area (TPSA) is 117 Å². The van der Waals surface area contributed by atoms with Crippen molar-refractivity contribution in [2.45, 2.75) is 19.9 Å². The number of benzene rings is 2. The van der Waals surface area contributed by atoms with E-state index in [0.717, 1.165) is 0 Å². The fourth-order valence-corrected chi connectivity index (χ4v) is 2.83. The highest BCUT2D eigenvalue weighted by Gasteiger charge is 2.22. The van der Waals surface area contributed by atoms with Crippen LogP contribution in [-0.2, 0) is 9.59 Å². The zero-order valence-electron chi connectivity index (χ0n) is 16.5. The van der Waals surface area contributed by atoms with Gasteiger partial charge in [0.15, 0.2) is 11.5 Å². The normalized spacial score (nSPS) is 13.6. The van der Waals surface area contributed by atoms with Gasteiger partial charge in [-0.15, -0.1) is 0 Å². The summed E-state index contributed by atoms with van der Waals surface area (Å²) in [5.74, 6) is -1.99. The average molecular weight is 409 g/mol. The third-order valence-electron chi connectivity index (χ3n) is 4.44. The smallest absolute Gasteiger partial charge is 0.268 e. The lowest BCUT2D eigenvalue weighted by Crippen LogP contribution is -2.52. The fourth-order valence-electron chi connectivity index (χ4n) is 2.83. The average Bonchev–Trinajstić information content (AvgIpc) is 3.19. The molecular weight excluding hydrogens is 388 g/mol. The Kier molecular flexibility index (Phi) is 6.36. The number of hydrogen-bond acceptors (Lipinski definition) is 6. The van der Waals surface area contributed by atoms with E-state index in [1.807, 2.05) is 0 Å². The largest absolute Gasteiger partial charge is 0.548 e. The van der Waals surface area contributed by atoms with Gasteiger partial charge in [0, 0.05) is 5.56 Å². The molecule has 2 N–H and O–H groups in total. The number of ether oxygens (including phenoxy) is 2. The molecule has 30 heavy (non-hydrogen) atoms. The number of carbonyl (C=O) groups is 3. The molecule has 8 nitrogen and oxygen atoms in total. The van der Waals surface area contributed by atoms with Gasteiger partial charge in [-0.3, -0.25) is 9.59 Å². The van der Waals surface area contributed by atoms with Crippen LogP contribution >= 0.6 is 0 Å². The summed E-state index contributed by atoms with van der Waals surface area (Å²) in [4.78, 5) is 36.8. The van der Waals surface area contributed by atoms with E-state index in [-0.39, 0.29) is 12.5 Å². The van der Waals surface area contributed by atoms with Crippen molar-refractivity contribution in [1.29, 1.82) is 0 Å². The van der Waals surface area contributed by atoms with E-state index in [4.69, 9.17) is 9.47 Å². The first-order valence-electron chi connectivity index (χ1n) is 9.34. The Morgan fingerprint density at radius 2 is 1.73 bits per heavy atom.